The molecule has 9 nitrogen and oxygen atoms in total. The Morgan fingerprint density at radius 3 is 2.40 bits per heavy atom. The summed E-state index contributed by atoms with van der Waals surface area (Å²) in [6, 6.07) is 7.44. The molecule has 0 saturated carbocycles. The van der Waals surface area contributed by atoms with E-state index < -0.39 is 10.0 Å². The number of aromatic amines is 1. The number of nitrogens with zero attached hydrogens (tertiary/aromatic N) is 5. The molecule has 1 fully saturated rings. The van der Waals surface area contributed by atoms with Crippen molar-refractivity contribution >= 4 is 15.9 Å². The number of hydrogen-bond donors (Lipinski definition) is 1. The molecule has 2 aromatic heterocycles. The third kappa shape index (κ3) is 3.61. The minimum Gasteiger partial charge on any atom is -0.335 e. The van der Waals surface area contributed by atoms with Crippen LogP contribution < -0.4 is 0 Å². The van der Waals surface area contributed by atoms with E-state index in [1.165, 1.54) is 27.3 Å². The molecule has 1 amide bonds. The fourth-order valence-corrected chi connectivity index (χ4v) is 4.98. The number of carbonyl (C=O) groups is 1. The molecule has 1 aromatic carbocycles. The van der Waals surface area contributed by atoms with Crippen LogP contribution >= 0.6 is 0 Å². The molecule has 1 aliphatic heterocycles. The van der Waals surface area contributed by atoms with Crippen molar-refractivity contribution in [2.75, 3.05) is 26.2 Å². The average molecular weight is 432 g/mol. The van der Waals surface area contributed by atoms with Crippen molar-refractivity contribution in [2.45, 2.75) is 11.8 Å². The van der Waals surface area contributed by atoms with E-state index >= 15 is 0 Å². The van der Waals surface area contributed by atoms with Gasteiger partial charge in [0.1, 0.15) is 16.4 Å². The molecule has 0 spiro atoms. The molecule has 1 aliphatic rings. The SMILES string of the molecule is Cc1c(S(=O)(=O)N2CCN(C(=O)c3cc(-c4ccc(F)cc4)n[nH]3)CC2)cnn1C. The van der Waals surface area contributed by atoms with Gasteiger partial charge in [0.25, 0.3) is 5.91 Å². The zero-order chi connectivity index (χ0) is 21.5. The molecule has 0 radical (unpaired) electrons. The van der Waals surface area contributed by atoms with E-state index in [4.69, 9.17) is 0 Å². The van der Waals surface area contributed by atoms with Crippen molar-refractivity contribution in [3.8, 4) is 11.3 Å². The van der Waals surface area contributed by atoms with Crippen LogP contribution in [-0.4, -0.2) is 69.7 Å². The van der Waals surface area contributed by atoms with Crippen LogP contribution in [0.3, 0.4) is 0 Å². The molecule has 0 atom stereocenters. The lowest BCUT2D eigenvalue weighted by atomic mass is 10.1. The van der Waals surface area contributed by atoms with Gasteiger partial charge < -0.3 is 4.90 Å². The number of piperazine rings is 1. The maximum Gasteiger partial charge on any atom is 0.271 e. The number of aryl methyl sites for hydroxylation is 1. The van der Waals surface area contributed by atoms with Gasteiger partial charge in [0.05, 0.1) is 17.6 Å². The number of amides is 1. The summed E-state index contributed by atoms with van der Waals surface area (Å²) in [5, 5.41) is 10.8. The van der Waals surface area contributed by atoms with Crippen LogP contribution in [0.1, 0.15) is 16.2 Å². The molecule has 4 rings (SSSR count). The smallest absolute Gasteiger partial charge is 0.271 e. The first-order valence-corrected chi connectivity index (χ1v) is 10.8. The summed E-state index contributed by atoms with van der Waals surface area (Å²) in [5.41, 5.74) is 2.09. The molecule has 158 valence electrons. The zero-order valence-electron chi connectivity index (χ0n) is 16.5. The number of benzene rings is 1. The highest BCUT2D eigenvalue weighted by molar-refractivity contribution is 7.89. The Morgan fingerprint density at radius 1 is 1.13 bits per heavy atom. The van der Waals surface area contributed by atoms with Crippen molar-refractivity contribution in [3.63, 3.8) is 0 Å². The van der Waals surface area contributed by atoms with Gasteiger partial charge in [0.2, 0.25) is 10.0 Å². The second-order valence-electron chi connectivity index (χ2n) is 7.09. The van der Waals surface area contributed by atoms with Crippen molar-refractivity contribution < 1.29 is 17.6 Å². The Bertz CT molecular complexity index is 1180. The van der Waals surface area contributed by atoms with E-state index in [-0.39, 0.29) is 42.8 Å². The zero-order valence-corrected chi connectivity index (χ0v) is 17.4. The average Bonchev–Trinajstić information content (AvgIpc) is 3.36. The van der Waals surface area contributed by atoms with E-state index in [1.807, 2.05) is 0 Å². The van der Waals surface area contributed by atoms with Crippen LogP contribution in [0.25, 0.3) is 11.3 Å². The molecule has 0 aliphatic carbocycles. The Kier molecular flexibility index (Phi) is 5.16. The number of hydrogen-bond acceptors (Lipinski definition) is 5. The van der Waals surface area contributed by atoms with Gasteiger partial charge in [-0.15, -0.1) is 0 Å². The first-order valence-electron chi connectivity index (χ1n) is 9.37. The van der Waals surface area contributed by atoms with Crippen LogP contribution in [0.5, 0.6) is 0 Å². The second-order valence-corrected chi connectivity index (χ2v) is 8.99. The van der Waals surface area contributed by atoms with Gasteiger partial charge in [-0.3, -0.25) is 14.6 Å². The summed E-state index contributed by atoms with van der Waals surface area (Å²) in [6.07, 6.45) is 1.35. The lowest BCUT2D eigenvalue weighted by Gasteiger charge is -2.33. The Balaban J connectivity index is 1.44. The Morgan fingerprint density at radius 2 is 1.80 bits per heavy atom. The third-order valence-corrected chi connectivity index (χ3v) is 7.28. The van der Waals surface area contributed by atoms with E-state index in [9.17, 15) is 17.6 Å². The van der Waals surface area contributed by atoms with Crippen molar-refractivity contribution in [2.24, 2.45) is 7.05 Å². The van der Waals surface area contributed by atoms with E-state index in [0.29, 0.717) is 22.6 Å². The van der Waals surface area contributed by atoms with Gasteiger partial charge in [-0.1, -0.05) is 0 Å². The number of halogens is 1. The molecular weight excluding hydrogens is 411 g/mol. The number of nitrogens with one attached hydrogen (secondary N) is 1. The summed E-state index contributed by atoms with van der Waals surface area (Å²) >= 11 is 0. The molecule has 0 unspecified atom stereocenters. The summed E-state index contributed by atoms with van der Waals surface area (Å²) in [7, 11) is -1.97. The second kappa shape index (κ2) is 7.65. The number of carbonyl (C=O) groups excluding carboxylic acids is 1. The molecular formula is C19H21FN6O3S. The Labute approximate surface area is 173 Å². The molecule has 1 saturated heterocycles. The monoisotopic (exact) mass is 432 g/mol. The van der Waals surface area contributed by atoms with Crippen LogP contribution in [0.15, 0.2) is 41.4 Å². The largest absolute Gasteiger partial charge is 0.335 e. The molecule has 11 heteroatoms. The maximum atomic E-state index is 13.1. The van der Waals surface area contributed by atoms with Crippen LogP contribution in [0.2, 0.25) is 0 Å². The predicted molar refractivity (Wildman–Crippen MR) is 107 cm³/mol. The van der Waals surface area contributed by atoms with E-state index in [2.05, 4.69) is 15.3 Å². The molecule has 30 heavy (non-hydrogen) atoms. The van der Waals surface area contributed by atoms with Crippen LogP contribution in [-0.2, 0) is 17.1 Å². The third-order valence-electron chi connectivity index (χ3n) is 5.28. The van der Waals surface area contributed by atoms with Crippen molar-refractivity contribution in [1.29, 1.82) is 0 Å². The minimum atomic E-state index is -3.66. The molecule has 0 bridgehead atoms. The highest BCUT2D eigenvalue weighted by atomic mass is 32.2. The summed E-state index contributed by atoms with van der Waals surface area (Å²) in [5.74, 6) is -0.606. The van der Waals surface area contributed by atoms with Gasteiger partial charge in [-0.25, -0.2) is 12.8 Å². The predicted octanol–water partition coefficient (Wildman–Crippen LogP) is 1.40. The Hall–Kier alpha value is -3.05. The number of rotatable bonds is 4. The highest BCUT2D eigenvalue weighted by Gasteiger charge is 2.32. The van der Waals surface area contributed by atoms with Gasteiger partial charge >= 0.3 is 0 Å². The first kappa shape index (κ1) is 20.2. The summed E-state index contributed by atoms with van der Waals surface area (Å²) in [4.78, 5) is 14.6. The summed E-state index contributed by atoms with van der Waals surface area (Å²) < 4.78 is 41.7. The van der Waals surface area contributed by atoms with Gasteiger partial charge in [0, 0.05) is 38.8 Å². The van der Waals surface area contributed by atoms with Crippen molar-refractivity contribution in [1.82, 2.24) is 29.2 Å². The van der Waals surface area contributed by atoms with Crippen LogP contribution in [0.4, 0.5) is 4.39 Å². The lowest BCUT2D eigenvalue weighted by Crippen LogP contribution is -2.50. The quantitative estimate of drug-likeness (QED) is 0.671. The molecule has 1 N–H and O–H groups in total. The van der Waals surface area contributed by atoms with Gasteiger partial charge in [-0.2, -0.15) is 14.5 Å². The topological polar surface area (TPSA) is 104 Å². The summed E-state index contributed by atoms with van der Waals surface area (Å²) in [6.45, 7) is 2.63. The van der Waals surface area contributed by atoms with E-state index in [1.54, 1.807) is 37.1 Å². The highest BCUT2D eigenvalue weighted by Crippen LogP contribution is 2.22. The maximum absolute atomic E-state index is 13.1. The minimum absolute atomic E-state index is 0.183. The van der Waals surface area contributed by atoms with Gasteiger partial charge in [0.15, 0.2) is 0 Å². The number of aromatic nitrogens is 4. The molecule has 3 aromatic rings. The van der Waals surface area contributed by atoms with E-state index in [0.717, 1.165) is 0 Å². The molecule has 3 heterocycles. The van der Waals surface area contributed by atoms with Gasteiger partial charge in [-0.05, 0) is 37.3 Å². The van der Waals surface area contributed by atoms with Crippen molar-refractivity contribution in [3.05, 3.63) is 53.7 Å². The number of sulfonamides is 1. The number of H-pyrrole nitrogens is 1. The standard InChI is InChI=1S/C19H21FN6O3S/c1-13-18(12-21-24(13)2)30(28,29)26-9-7-25(8-10-26)19(27)17-11-16(22-23-17)14-3-5-15(20)6-4-14/h3-6,11-12H,7-10H2,1-2H3,(H,22,23). The first-order chi connectivity index (χ1) is 14.3. The fraction of sp³-hybridized carbons (Fsp3) is 0.316. The normalized spacial score (nSPS) is 15.5. The lowest BCUT2D eigenvalue weighted by molar-refractivity contribution is 0.0692. The fourth-order valence-electron chi connectivity index (χ4n) is 3.37. The van der Waals surface area contributed by atoms with Crippen LogP contribution in [0, 0.1) is 12.7 Å².